The Kier molecular flexibility index (Phi) is 5.41. The molecule has 0 unspecified atom stereocenters. The zero-order chi connectivity index (χ0) is 23.3. The number of carboxylic acid groups (broad SMARTS) is 1. The van der Waals surface area contributed by atoms with Crippen molar-refractivity contribution in [2.45, 2.75) is 31.8 Å². The van der Waals surface area contributed by atoms with Crippen molar-refractivity contribution in [3.63, 3.8) is 0 Å². The van der Waals surface area contributed by atoms with Crippen molar-refractivity contribution in [1.82, 2.24) is 14.4 Å². The van der Waals surface area contributed by atoms with Crippen LogP contribution in [0.1, 0.15) is 41.0 Å². The van der Waals surface area contributed by atoms with Crippen LogP contribution in [0.2, 0.25) is 5.15 Å². The fourth-order valence-corrected chi connectivity index (χ4v) is 4.69. The van der Waals surface area contributed by atoms with Crippen LogP contribution in [0.4, 0.5) is 15.9 Å². The quantitative estimate of drug-likeness (QED) is 0.557. The van der Waals surface area contributed by atoms with E-state index in [0.29, 0.717) is 48.8 Å². The summed E-state index contributed by atoms with van der Waals surface area (Å²) in [4.78, 5) is 35.7. The number of anilines is 2. The maximum Gasteiger partial charge on any atom is 0.356 e. The number of nitrogens with one attached hydrogen (secondary N) is 1. The molecule has 3 aromatic heterocycles. The molecule has 33 heavy (non-hydrogen) atoms. The molecular formula is C22H21ClFN5O4. The van der Waals surface area contributed by atoms with Gasteiger partial charge in [-0.1, -0.05) is 11.6 Å². The molecule has 3 aromatic rings. The van der Waals surface area contributed by atoms with Crippen LogP contribution in [0.25, 0.3) is 5.65 Å². The summed E-state index contributed by atoms with van der Waals surface area (Å²) in [7, 11) is 0. The molecule has 0 spiro atoms. The van der Waals surface area contributed by atoms with Crippen molar-refractivity contribution in [2.75, 3.05) is 30.0 Å². The number of carbonyl (C=O) groups is 1. The van der Waals surface area contributed by atoms with E-state index < -0.39 is 17.8 Å². The van der Waals surface area contributed by atoms with E-state index in [4.69, 9.17) is 21.3 Å². The number of aromatic nitrogens is 3. The molecule has 0 aliphatic carbocycles. The van der Waals surface area contributed by atoms with Gasteiger partial charge in [0.25, 0.3) is 5.56 Å². The zero-order valence-corrected chi connectivity index (χ0v) is 18.5. The van der Waals surface area contributed by atoms with Gasteiger partial charge in [0.15, 0.2) is 5.69 Å². The molecule has 1 saturated heterocycles. The number of pyridine rings is 2. The number of nitrogens with zero attached hydrogens (tertiary/aromatic N) is 4. The Hall–Kier alpha value is -3.24. The van der Waals surface area contributed by atoms with Gasteiger partial charge in [-0.05, 0) is 38.0 Å². The highest BCUT2D eigenvalue weighted by atomic mass is 35.5. The number of ether oxygens (including phenoxy) is 1. The van der Waals surface area contributed by atoms with Gasteiger partial charge in [-0.25, -0.2) is 19.2 Å². The third-order valence-electron chi connectivity index (χ3n) is 6.12. The SMILES string of the molecule is C[C@@H](Nc1ccc(Cl)nc1C(=O)O)c1cc(F)cn2c(=O)c3c(nc12)N1CCOC[C@H]1CC3. The fraction of sp³-hybridized carbons (Fsp3) is 0.364. The minimum atomic E-state index is -1.25. The van der Waals surface area contributed by atoms with Gasteiger partial charge in [-0.3, -0.25) is 9.20 Å². The predicted octanol–water partition coefficient (Wildman–Crippen LogP) is 2.90. The van der Waals surface area contributed by atoms with Crippen molar-refractivity contribution in [2.24, 2.45) is 0 Å². The number of morpholine rings is 1. The summed E-state index contributed by atoms with van der Waals surface area (Å²) in [6.07, 6.45) is 2.46. The zero-order valence-electron chi connectivity index (χ0n) is 17.7. The molecule has 2 atom stereocenters. The van der Waals surface area contributed by atoms with Gasteiger partial charge in [0, 0.05) is 18.3 Å². The second-order valence-electron chi connectivity index (χ2n) is 8.19. The maximum atomic E-state index is 14.6. The van der Waals surface area contributed by atoms with Gasteiger partial charge in [-0.15, -0.1) is 0 Å². The van der Waals surface area contributed by atoms with E-state index >= 15 is 0 Å². The molecule has 2 aliphatic rings. The molecule has 1 fully saturated rings. The number of aromatic carboxylic acids is 1. The number of rotatable bonds is 4. The number of hydrogen-bond donors (Lipinski definition) is 2. The topological polar surface area (TPSA) is 109 Å². The number of hydrogen-bond acceptors (Lipinski definition) is 7. The molecule has 2 N–H and O–H groups in total. The lowest BCUT2D eigenvalue weighted by atomic mass is 9.98. The molecule has 0 radical (unpaired) electrons. The highest BCUT2D eigenvalue weighted by Gasteiger charge is 2.33. The van der Waals surface area contributed by atoms with E-state index in [2.05, 4.69) is 15.2 Å². The third kappa shape index (κ3) is 3.79. The van der Waals surface area contributed by atoms with Gasteiger partial charge in [0.1, 0.15) is 22.4 Å². The third-order valence-corrected chi connectivity index (χ3v) is 6.33. The Morgan fingerprint density at radius 1 is 1.39 bits per heavy atom. The molecule has 0 saturated carbocycles. The summed E-state index contributed by atoms with van der Waals surface area (Å²) in [6.45, 7) is 3.49. The van der Waals surface area contributed by atoms with E-state index in [1.54, 1.807) is 6.92 Å². The van der Waals surface area contributed by atoms with Gasteiger partial charge in [-0.2, -0.15) is 0 Å². The van der Waals surface area contributed by atoms with Crippen LogP contribution >= 0.6 is 11.6 Å². The van der Waals surface area contributed by atoms with E-state index in [1.165, 1.54) is 22.6 Å². The van der Waals surface area contributed by atoms with Crippen LogP contribution in [0.3, 0.4) is 0 Å². The van der Waals surface area contributed by atoms with Crippen LogP contribution in [0, 0.1) is 5.82 Å². The molecule has 0 bridgehead atoms. The first kappa shape index (κ1) is 21.6. The smallest absolute Gasteiger partial charge is 0.356 e. The van der Waals surface area contributed by atoms with Crippen molar-refractivity contribution >= 4 is 34.7 Å². The Balaban J connectivity index is 1.62. The molecule has 172 valence electrons. The lowest BCUT2D eigenvalue weighted by Crippen LogP contribution is -2.50. The highest BCUT2D eigenvalue weighted by molar-refractivity contribution is 6.29. The number of halogens is 2. The summed E-state index contributed by atoms with van der Waals surface area (Å²) in [6, 6.07) is 3.82. The maximum absolute atomic E-state index is 14.6. The Morgan fingerprint density at radius 3 is 3.00 bits per heavy atom. The Labute approximate surface area is 192 Å². The molecule has 5 heterocycles. The van der Waals surface area contributed by atoms with E-state index in [1.807, 2.05) is 0 Å². The Bertz CT molecular complexity index is 1330. The van der Waals surface area contributed by atoms with E-state index in [-0.39, 0.29) is 28.1 Å². The molecule has 11 heteroatoms. The molecule has 9 nitrogen and oxygen atoms in total. The molecule has 0 aromatic carbocycles. The van der Waals surface area contributed by atoms with Gasteiger partial charge < -0.3 is 20.1 Å². The first-order valence-corrected chi connectivity index (χ1v) is 11.0. The monoisotopic (exact) mass is 473 g/mol. The van der Waals surface area contributed by atoms with Crippen molar-refractivity contribution in [1.29, 1.82) is 0 Å². The second-order valence-corrected chi connectivity index (χ2v) is 8.58. The molecule has 0 amide bonds. The summed E-state index contributed by atoms with van der Waals surface area (Å²) in [5.74, 6) is -1.24. The van der Waals surface area contributed by atoms with Crippen molar-refractivity contribution in [3.05, 3.63) is 62.5 Å². The van der Waals surface area contributed by atoms with Gasteiger partial charge in [0.05, 0.1) is 36.5 Å². The lowest BCUT2D eigenvalue weighted by Gasteiger charge is -2.40. The summed E-state index contributed by atoms with van der Waals surface area (Å²) in [5.41, 5.74) is 0.955. The first-order chi connectivity index (χ1) is 15.8. The lowest BCUT2D eigenvalue weighted by molar-refractivity contribution is 0.0691. The highest BCUT2D eigenvalue weighted by Crippen LogP contribution is 2.31. The van der Waals surface area contributed by atoms with Gasteiger partial charge >= 0.3 is 5.97 Å². The van der Waals surface area contributed by atoms with Crippen LogP contribution in [-0.4, -0.2) is 51.2 Å². The fourth-order valence-electron chi connectivity index (χ4n) is 4.54. The van der Waals surface area contributed by atoms with Crippen LogP contribution in [0.15, 0.2) is 29.2 Å². The summed E-state index contributed by atoms with van der Waals surface area (Å²) < 4.78 is 21.4. The minimum Gasteiger partial charge on any atom is -0.476 e. The molecule has 5 rings (SSSR count). The van der Waals surface area contributed by atoms with E-state index in [9.17, 15) is 19.1 Å². The summed E-state index contributed by atoms with van der Waals surface area (Å²) in [5, 5.41) is 12.6. The second kappa shape index (κ2) is 8.27. The largest absolute Gasteiger partial charge is 0.476 e. The Morgan fingerprint density at radius 2 is 2.21 bits per heavy atom. The van der Waals surface area contributed by atoms with Crippen LogP contribution in [-0.2, 0) is 11.2 Å². The standard InChI is InChI=1S/C22H21ClFN5O4/c1-11(25-16-4-5-17(23)26-18(16)22(31)32)15-8-12(24)9-29-20(15)27-19-14(21(29)30)3-2-13-10-33-7-6-28(13)19/h4-5,8-9,11,13,25H,2-3,6-7,10H2,1H3,(H,31,32)/t11-,13-/m1/s1. The number of carboxylic acids is 1. The predicted molar refractivity (Wildman–Crippen MR) is 120 cm³/mol. The normalized spacial score (nSPS) is 18.5. The van der Waals surface area contributed by atoms with Crippen molar-refractivity contribution < 1.29 is 19.0 Å². The van der Waals surface area contributed by atoms with Crippen molar-refractivity contribution in [3.8, 4) is 0 Å². The number of fused-ring (bicyclic) bond motifs is 4. The summed E-state index contributed by atoms with van der Waals surface area (Å²) >= 11 is 5.84. The molecule has 2 aliphatic heterocycles. The van der Waals surface area contributed by atoms with Crippen LogP contribution < -0.4 is 15.8 Å². The molecular weight excluding hydrogens is 453 g/mol. The first-order valence-electron chi connectivity index (χ1n) is 10.6. The minimum absolute atomic E-state index is 0.0433. The van der Waals surface area contributed by atoms with E-state index in [0.717, 1.165) is 12.6 Å². The van der Waals surface area contributed by atoms with Crippen LogP contribution in [0.5, 0.6) is 0 Å². The van der Waals surface area contributed by atoms with Gasteiger partial charge in [0.2, 0.25) is 0 Å². The average molecular weight is 474 g/mol. The average Bonchev–Trinajstić information content (AvgIpc) is 2.80.